The van der Waals surface area contributed by atoms with E-state index in [4.69, 9.17) is 0 Å². The van der Waals surface area contributed by atoms with Gasteiger partial charge in [0.05, 0.1) is 12.1 Å². The monoisotopic (exact) mass is 144 g/mol. The van der Waals surface area contributed by atoms with Crippen molar-refractivity contribution in [1.29, 1.82) is 0 Å². The number of esters is 1. The summed E-state index contributed by atoms with van der Waals surface area (Å²) in [5.74, 6) is -0.191. The van der Waals surface area contributed by atoms with Gasteiger partial charge in [0.25, 0.3) is 0 Å². The maximum absolute atomic E-state index is 10.8. The second kappa shape index (κ2) is 2.82. The van der Waals surface area contributed by atoms with E-state index in [-0.39, 0.29) is 5.97 Å². The number of hydrogen-bond acceptors (Lipinski definition) is 2. The van der Waals surface area contributed by atoms with Crippen LogP contribution in [0.1, 0.15) is 6.92 Å². The van der Waals surface area contributed by atoms with E-state index in [9.17, 15) is 4.79 Å². The van der Waals surface area contributed by atoms with Gasteiger partial charge in [-0.1, -0.05) is 6.08 Å². The van der Waals surface area contributed by atoms with Gasteiger partial charge in [-0.3, -0.25) is 4.79 Å². The standard InChI is InChI=1S/C6H12O2Si/c1-4-6(2,9)5(7)8-3/h4H,1H2,2-3,9H3. The van der Waals surface area contributed by atoms with Crippen molar-refractivity contribution in [1.82, 2.24) is 0 Å². The Balaban J connectivity index is 4.14. The second-order valence-electron chi connectivity index (χ2n) is 2.42. The number of carbonyl (C=O) groups is 1. The number of hydrogen-bond donors (Lipinski definition) is 0. The average Bonchev–Trinajstić information content (AvgIpc) is 1.86. The largest absolute Gasteiger partial charge is 0.469 e. The predicted octanol–water partition coefficient (Wildman–Crippen LogP) is -0.111. The first-order valence-corrected chi connectivity index (χ1v) is 3.76. The van der Waals surface area contributed by atoms with Gasteiger partial charge in [-0.25, -0.2) is 0 Å². The van der Waals surface area contributed by atoms with Gasteiger partial charge in [0.15, 0.2) is 0 Å². The Bertz CT molecular complexity index is 129. The summed E-state index contributed by atoms with van der Waals surface area (Å²) in [7, 11) is 2.14. The third-order valence-electron chi connectivity index (χ3n) is 1.22. The first-order chi connectivity index (χ1) is 4.04. The van der Waals surface area contributed by atoms with Gasteiger partial charge in [-0.05, 0) is 6.92 Å². The molecule has 0 aromatic heterocycles. The van der Waals surface area contributed by atoms with Gasteiger partial charge < -0.3 is 4.74 Å². The summed E-state index contributed by atoms with van der Waals surface area (Å²) in [5, 5.41) is -0.408. The topological polar surface area (TPSA) is 26.3 Å². The summed E-state index contributed by atoms with van der Waals surface area (Å²) in [4.78, 5) is 10.8. The highest BCUT2D eigenvalue weighted by molar-refractivity contribution is 6.28. The number of methoxy groups -OCH3 is 1. The summed E-state index contributed by atoms with van der Waals surface area (Å²) in [6.07, 6.45) is 1.63. The quantitative estimate of drug-likeness (QED) is 0.307. The van der Waals surface area contributed by atoms with E-state index in [1.165, 1.54) is 7.11 Å². The Morgan fingerprint density at radius 1 is 1.89 bits per heavy atom. The normalized spacial score (nSPS) is 16.2. The zero-order valence-corrected chi connectivity index (χ0v) is 8.10. The van der Waals surface area contributed by atoms with Crippen LogP contribution in [0.4, 0.5) is 0 Å². The van der Waals surface area contributed by atoms with Crippen molar-refractivity contribution in [3.63, 3.8) is 0 Å². The smallest absolute Gasteiger partial charge is 0.311 e. The first kappa shape index (κ1) is 8.43. The molecule has 0 saturated heterocycles. The minimum atomic E-state index is -0.408. The molecule has 52 valence electrons. The molecule has 0 N–H and O–H groups in total. The first-order valence-electron chi connectivity index (χ1n) is 2.76. The Kier molecular flexibility index (Phi) is 2.64. The lowest BCUT2D eigenvalue weighted by Gasteiger charge is -2.14. The van der Waals surface area contributed by atoms with Gasteiger partial charge in [-0.2, -0.15) is 0 Å². The Hall–Kier alpha value is -0.573. The summed E-state index contributed by atoms with van der Waals surface area (Å²) in [5.41, 5.74) is 0. The van der Waals surface area contributed by atoms with Gasteiger partial charge >= 0.3 is 5.97 Å². The molecule has 0 heterocycles. The highest BCUT2D eigenvalue weighted by Crippen LogP contribution is 2.21. The van der Waals surface area contributed by atoms with Crippen molar-refractivity contribution in [2.75, 3.05) is 7.11 Å². The molecule has 0 aliphatic heterocycles. The molecular formula is C6H12O2Si. The van der Waals surface area contributed by atoms with Crippen LogP contribution in [-0.2, 0) is 9.53 Å². The minimum Gasteiger partial charge on any atom is -0.469 e. The van der Waals surface area contributed by atoms with E-state index in [0.29, 0.717) is 0 Å². The maximum atomic E-state index is 10.8. The fourth-order valence-electron chi connectivity index (χ4n) is 0.346. The molecule has 3 heteroatoms. The predicted molar refractivity (Wildman–Crippen MR) is 40.5 cm³/mol. The fourth-order valence-corrected chi connectivity index (χ4v) is 0.551. The van der Waals surface area contributed by atoms with Crippen LogP contribution in [0.25, 0.3) is 0 Å². The van der Waals surface area contributed by atoms with E-state index in [1.807, 2.05) is 6.92 Å². The van der Waals surface area contributed by atoms with Crippen LogP contribution in [0, 0.1) is 0 Å². The lowest BCUT2D eigenvalue weighted by atomic mass is 10.2. The Morgan fingerprint density at radius 3 is 2.44 bits per heavy atom. The van der Waals surface area contributed by atoms with E-state index in [1.54, 1.807) is 6.08 Å². The molecule has 0 aliphatic rings. The summed E-state index contributed by atoms with van der Waals surface area (Å²) >= 11 is 0. The van der Waals surface area contributed by atoms with Crippen molar-refractivity contribution in [2.24, 2.45) is 0 Å². The molecule has 0 radical (unpaired) electrons. The summed E-state index contributed by atoms with van der Waals surface area (Å²) in [6, 6.07) is 0. The molecule has 0 spiro atoms. The van der Waals surface area contributed by atoms with Crippen LogP contribution in [-0.4, -0.2) is 23.3 Å². The highest BCUT2D eigenvalue weighted by Gasteiger charge is 2.23. The molecule has 1 atom stereocenters. The van der Waals surface area contributed by atoms with Crippen molar-refractivity contribution in [2.45, 2.75) is 12.0 Å². The maximum Gasteiger partial charge on any atom is 0.311 e. The molecule has 0 rings (SSSR count). The molecule has 0 bridgehead atoms. The molecule has 0 amide bonds. The molecule has 2 nitrogen and oxygen atoms in total. The molecule has 9 heavy (non-hydrogen) atoms. The van der Waals surface area contributed by atoms with E-state index in [2.05, 4.69) is 11.3 Å². The molecular weight excluding hydrogens is 132 g/mol. The Labute approximate surface area is 58.3 Å². The van der Waals surface area contributed by atoms with Gasteiger partial charge in [0.1, 0.15) is 0 Å². The molecule has 0 aromatic rings. The second-order valence-corrected chi connectivity index (χ2v) is 4.49. The van der Waals surface area contributed by atoms with Crippen molar-refractivity contribution < 1.29 is 9.53 Å². The van der Waals surface area contributed by atoms with Crippen LogP contribution in [0.3, 0.4) is 0 Å². The van der Waals surface area contributed by atoms with Crippen LogP contribution < -0.4 is 0 Å². The van der Waals surface area contributed by atoms with Crippen LogP contribution in [0.15, 0.2) is 12.7 Å². The third-order valence-corrected chi connectivity index (χ3v) is 2.04. The molecule has 0 aromatic carbocycles. The van der Waals surface area contributed by atoms with Crippen LogP contribution >= 0.6 is 0 Å². The number of carbonyl (C=O) groups excluding carboxylic acids is 1. The molecule has 0 fully saturated rings. The van der Waals surface area contributed by atoms with Gasteiger partial charge in [0.2, 0.25) is 0 Å². The Morgan fingerprint density at radius 2 is 2.33 bits per heavy atom. The van der Waals surface area contributed by atoms with Crippen LogP contribution in [0.5, 0.6) is 0 Å². The van der Waals surface area contributed by atoms with E-state index < -0.39 is 5.04 Å². The number of ether oxygens (including phenoxy) is 1. The summed E-state index contributed by atoms with van der Waals surface area (Å²) < 4.78 is 4.53. The van der Waals surface area contributed by atoms with Crippen molar-refractivity contribution in [3.8, 4) is 0 Å². The molecule has 1 unspecified atom stereocenters. The van der Waals surface area contributed by atoms with Crippen molar-refractivity contribution in [3.05, 3.63) is 12.7 Å². The fraction of sp³-hybridized carbons (Fsp3) is 0.500. The third kappa shape index (κ3) is 2.01. The van der Waals surface area contributed by atoms with E-state index >= 15 is 0 Å². The number of rotatable bonds is 2. The molecule has 0 saturated carbocycles. The zero-order valence-electron chi connectivity index (χ0n) is 6.10. The van der Waals surface area contributed by atoms with Crippen LogP contribution in [0.2, 0.25) is 5.04 Å². The summed E-state index contributed by atoms with van der Waals surface area (Å²) in [6.45, 7) is 5.35. The average molecular weight is 144 g/mol. The van der Waals surface area contributed by atoms with Gasteiger partial charge in [-0.15, -0.1) is 6.58 Å². The minimum absolute atomic E-state index is 0.191. The molecule has 0 aliphatic carbocycles. The zero-order chi connectivity index (χ0) is 7.49. The van der Waals surface area contributed by atoms with Gasteiger partial charge in [0, 0.05) is 10.2 Å². The lowest BCUT2D eigenvalue weighted by molar-refractivity contribution is -0.142. The van der Waals surface area contributed by atoms with E-state index in [0.717, 1.165) is 10.2 Å². The lowest BCUT2D eigenvalue weighted by Crippen LogP contribution is -2.19. The SMILES string of the molecule is C=CC(C)([SiH3])C(=O)OC. The van der Waals surface area contributed by atoms with Crippen molar-refractivity contribution >= 4 is 16.2 Å². The highest BCUT2D eigenvalue weighted by atomic mass is 28.1.